The summed E-state index contributed by atoms with van der Waals surface area (Å²) in [4.78, 5) is 33.1. The van der Waals surface area contributed by atoms with Gasteiger partial charge in [-0.25, -0.2) is 20.8 Å². The number of hydrogen-bond donors (Lipinski definition) is 1. The number of ether oxygens (including phenoxy) is 1. The summed E-state index contributed by atoms with van der Waals surface area (Å²) < 4.78 is 5.39. The van der Waals surface area contributed by atoms with E-state index in [1.165, 1.54) is 25.4 Å². The molecule has 0 aliphatic carbocycles. The zero-order valence-electron chi connectivity index (χ0n) is 14.2. The summed E-state index contributed by atoms with van der Waals surface area (Å²) in [6.07, 6.45) is 1.69. The number of amides is 1. The third-order valence-corrected chi connectivity index (χ3v) is 4.60. The molecule has 0 aliphatic heterocycles. The number of hydrazine groups is 1. The van der Waals surface area contributed by atoms with Crippen molar-refractivity contribution in [2.75, 3.05) is 12.1 Å². The van der Waals surface area contributed by atoms with Gasteiger partial charge in [0, 0.05) is 5.57 Å². The molecule has 8 heteroatoms. The van der Waals surface area contributed by atoms with Crippen molar-refractivity contribution < 1.29 is 14.3 Å². The molecular weight excluding hydrogens is 352 g/mol. The molecule has 3 rings (SSSR count). The Morgan fingerprint density at radius 3 is 2.73 bits per heavy atom. The zero-order valence-corrected chi connectivity index (χ0v) is 15.0. The third kappa shape index (κ3) is 3.19. The fraction of sp³-hybridized carbons (Fsp3) is 0.111. The van der Waals surface area contributed by atoms with Crippen molar-refractivity contribution in [1.29, 1.82) is 0 Å². The molecule has 3 aromatic rings. The minimum absolute atomic E-state index is 0.196. The number of anilines is 1. The summed E-state index contributed by atoms with van der Waals surface area (Å²) >= 11 is 1.48. The standard InChI is InChI=1S/C18H16N4O3S/c1-11(8-9-23)18(24)22(19)17-15-12(5-3-6-13(15)25-2)20-16(21-17)14-7-4-10-26-14/h3-10H,19H2,1-2H3/b11-8-. The van der Waals surface area contributed by atoms with Gasteiger partial charge in [-0.1, -0.05) is 12.1 Å². The highest BCUT2D eigenvalue weighted by atomic mass is 32.1. The van der Waals surface area contributed by atoms with Crippen LogP contribution in [0, 0.1) is 0 Å². The number of aldehydes is 1. The first kappa shape index (κ1) is 17.7. The maximum Gasteiger partial charge on any atom is 0.269 e. The van der Waals surface area contributed by atoms with Crippen LogP contribution in [0.15, 0.2) is 47.4 Å². The molecule has 2 aromatic heterocycles. The molecule has 26 heavy (non-hydrogen) atoms. The minimum Gasteiger partial charge on any atom is -0.496 e. The summed E-state index contributed by atoms with van der Waals surface area (Å²) in [5.74, 6) is 6.68. The number of nitrogens with two attached hydrogens (primary N) is 1. The first-order valence-corrected chi connectivity index (χ1v) is 8.54. The number of fused-ring (bicyclic) bond motifs is 1. The van der Waals surface area contributed by atoms with Gasteiger partial charge in [0.1, 0.15) is 12.0 Å². The highest BCUT2D eigenvalue weighted by molar-refractivity contribution is 7.13. The van der Waals surface area contributed by atoms with E-state index < -0.39 is 5.91 Å². The van der Waals surface area contributed by atoms with E-state index in [1.54, 1.807) is 18.2 Å². The molecule has 7 nitrogen and oxygen atoms in total. The van der Waals surface area contributed by atoms with Gasteiger partial charge in [-0.05, 0) is 36.6 Å². The Morgan fingerprint density at radius 2 is 2.08 bits per heavy atom. The second-order valence-electron chi connectivity index (χ2n) is 5.36. The normalized spacial score (nSPS) is 11.4. The van der Waals surface area contributed by atoms with Gasteiger partial charge in [-0.15, -0.1) is 11.3 Å². The molecule has 0 saturated heterocycles. The quantitative estimate of drug-likeness (QED) is 0.244. The molecule has 0 saturated carbocycles. The van der Waals surface area contributed by atoms with Crippen LogP contribution < -0.4 is 15.6 Å². The van der Waals surface area contributed by atoms with E-state index in [2.05, 4.69) is 9.97 Å². The molecule has 1 amide bonds. The Bertz CT molecular complexity index is 999. The van der Waals surface area contributed by atoms with Gasteiger partial charge in [0.05, 0.1) is 22.9 Å². The Labute approximate surface area is 153 Å². The number of carbonyl (C=O) groups is 2. The SMILES string of the molecule is COc1cccc2nc(-c3cccs3)nc(N(N)C(=O)/C(C)=C\C=O)c12. The number of carbonyl (C=O) groups excluding carboxylic acids is 2. The summed E-state index contributed by atoms with van der Waals surface area (Å²) in [5, 5.41) is 3.35. The number of allylic oxidation sites excluding steroid dienone is 1. The summed E-state index contributed by atoms with van der Waals surface area (Å²) in [6, 6.07) is 9.12. The van der Waals surface area contributed by atoms with Crippen LogP contribution in [0.5, 0.6) is 5.75 Å². The van der Waals surface area contributed by atoms with Crippen molar-refractivity contribution >= 4 is 40.3 Å². The predicted molar refractivity (Wildman–Crippen MR) is 101 cm³/mol. The smallest absolute Gasteiger partial charge is 0.269 e. The molecule has 132 valence electrons. The van der Waals surface area contributed by atoms with Crippen LogP contribution in [0.25, 0.3) is 21.6 Å². The maximum atomic E-state index is 12.5. The lowest BCUT2D eigenvalue weighted by molar-refractivity contribution is -0.115. The fourth-order valence-corrected chi connectivity index (χ4v) is 3.11. The van der Waals surface area contributed by atoms with E-state index in [1.807, 2.05) is 17.5 Å². The minimum atomic E-state index is -0.542. The molecule has 1 aromatic carbocycles. The number of rotatable bonds is 5. The molecule has 0 radical (unpaired) electrons. The van der Waals surface area contributed by atoms with E-state index in [0.717, 1.165) is 16.0 Å². The van der Waals surface area contributed by atoms with Crippen LogP contribution in [-0.4, -0.2) is 29.3 Å². The van der Waals surface area contributed by atoms with E-state index in [-0.39, 0.29) is 11.4 Å². The molecule has 2 N–H and O–H groups in total. The second-order valence-corrected chi connectivity index (χ2v) is 6.31. The Morgan fingerprint density at radius 1 is 1.27 bits per heavy atom. The fourth-order valence-electron chi connectivity index (χ4n) is 2.45. The van der Waals surface area contributed by atoms with E-state index >= 15 is 0 Å². The average Bonchev–Trinajstić information content (AvgIpc) is 3.20. The van der Waals surface area contributed by atoms with Crippen molar-refractivity contribution in [3.63, 3.8) is 0 Å². The van der Waals surface area contributed by atoms with Crippen LogP contribution in [-0.2, 0) is 9.59 Å². The Hall–Kier alpha value is -3.10. The first-order chi connectivity index (χ1) is 12.6. The van der Waals surface area contributed by atoms with Gasteiger partial charge in [-0.3, -0.25) is 9.59 Å². The van der Waals surface area contributed by atoms with Crippen LogP contribution in [0.3, 0.4) is 0 Å². The highest BCUT2D eigenvalue weighted by Gasteiger charge is 2.22. The summed E-state index contributed by atoms with van der Waals surface area (Å²) in [5.41, 5.74) is 0.792. The number of thiophene rings is 1. The van der Waals surface area contributed by atoms with E-state index in [9.17, 15) is 9.59 Å². The second kappa shape index (κ2) is 7.42. The van der Waals surface area contributed by atoms with E-state index in [4.69, 9.17) is 10.6 Å². The number of hydrogen-bond acceptors (Lipinski definition) is 7. The van der Waals surface area contributed by atoms with Crippen molar-refractivity contribution in [3.05, 3.63) is 47.4 Å². The lowest BCUT2D eigenvalue weighted by Gasteiger charge is -2.19. The number of benzene rings is 1. The topological polar surface area (TPSA) is 98.4 Å². The van der Waals surface area contributed by atoms with Gasteiger partial charge < -0.3 is 4.74 Å². The number of methoxy groups -OCH3 is 1. The largest absolute Gasteiger partial charge is 0.496 e. The van der Waals surface area contributed by atoms with Gasteiger partial charge in [0.15, 0.2) is 11.6 Å². The van der Waals surface area contributed by atoms with Crippen molar-refractivity contribution in [1.82, 2.24) is 9.97 Å². The van der Waals surface area contributed by atoms with Crippen molar-refractivity contribution in [3.8, 4) is 16.5 Å². The number of aromatic nitrogens is 2. The van der Waals surface area contributed by atoms with Gasteiger partial charge in [-0.2, -0.15) is 0 Å². The third-order valence-electron chi connectivity index (χ3n) is 3.73. The first-order valence-electron chi connectivity index (χ1n) is 7.66. The zero-order chi connectivity index (χ0) is 18.7. The molecule has 0 unspecified atom stereocenters. The highest BCUT2D eigenvalue weighted by Crippen LogP contribution is 2.34. The van der Waals surface area contributed by atoms with Crippen LogP contribution in [0.1, 0.15) is 6.92 Å². The Balaban J connectivity index is 2.25. The van der Waals surface area contributed by atoms with Crippen LogP contribution in [0.2, 0.25) is 0 Å². The van der Waals surface area contributed by atoms with Crippen LogP contribution >= 0.6 is 11.3 Å². The van der Waals surface area contributed by atoms with Crippen molar-refractivity contribution in [2.45, 2.75) is 6.92 Å². The molecule has 2 heterocycles. The molecule has 0 fully saturated rings. The molecule has 0 aliphatic rings. The maximum absolute atomic E-state index is 12.5. The molecule has 0 spiro atoms. The predicted octanol–water partition coefficient (Wildman–Crippen LogP) is 2.72. The van der Waals surface area contributed by atoms with Gasteiger partial charge in [0.25, 0.3) is 5.91 Å². The lowest BCUT2D eigenvalue weighted by Crippen LogP contribution is -2.39. The summed E-state index contributed by atoms with van der Waals surface area (Å²) in [7, 11) is 1.52. The molecule has 0 bridgehead atoms. The van der Waals surface area contributed by atoms with Crippen LogP contribution in [0.4, 0.5) is 5.82 Å². The number of nitrogens with zero attached hydrogens (tertiary/aromatic N) is 3. The van der Waals surface area contributed by atoms with Gasteiger partial charge in [0.2, 0.25) is 0 Å². The lowest BCUT2D eigenvalue weighted by atomic mass is 10.2. The van der Waals surface area contributed by atoms with Crippen molar-refractivity contribution in [2.24, 2.45) is 5.84 Å². The summed E-state index contributed by atoms with van der Waals surface area (Å²) in [6.45, 7) is 1.51. The monoisotopic (exact) mass is 368 g/mol. The molecular formula is C18H16N4O3S. The van der Waals surface area contributed by atoms with E-state index in [0.29, 0.717) is 28.8 Å². The van der Waals surface area contributed by atoms with Gasteiger partial charge >= 0.3 is 0 Å². The molecule has 0 atom stereocenters. The Kier molecular flexibility index (Phi) is 5.06. The average molecular weight is 368 g/mol.